The largest absolute Gasteiger partial charge is 0.480 e. The Kier molecular flexibility index (Phi) is 7.01. The third-order valence-electron chi connectivity index (χ3n) is 5.80. The van der Waals surface area contributed by atoms with Gasteiger partial charge in [-0.25, -0.2) is 0 Å². The van der Waals surface area contributed by atoms with Crippen LogP contribution in [-0.4, -0.2) is 81.6 Å². The molecule has 2 amide bonds. The number of azide groups is 1. The Morgan fingerprint density at radius 1 is 1.32 bits per heavy atom. The molecule has 6 atom stereocenters. The number of rotatable bonds is 7. The van der Waals surface area contributed by atoms with Crippen LogP contribution in [0.25, 0.3) is 10.4 Å². The second kappa shape index (κ2) is 9.80. The lowest BCUT2D eigenvalue weighted by molar-refractivity contribution is -0.171. The first-order valence-electron chi connectivity index (χ1n) is 10.7. The third-order valence-corrected chi connectivity index (χ3v) is 7.14. The molecule has 3 saturated heterocycles. The van der Waals surface area contributed by atoms with E-state index in [1.807, 2.05) is 30.3 Å². The molecular formula is C21H25N5O7S. The van der Waals surface area contributed by atoms with Crippen LogP contribution in [0, 0.1) is 0 Å². The van der Waals surface area contributed by atoms with Gasteiger partial charge in [0.1, 0.15) is 42.3 Å². The van der Waals surface area contributed by atoms with Crippen molar-refractivity contribution in [3.63, 3.8) is 0 Å². The van der Waals surface area contributed by atoms with Gasteiger partial charge in [-0.1, -0.05) is 35.4 Å². The van der Waals surface area contributed by atoms with E-state index in [1.165, 1.54) is 16.7 Å². The van der Waals surface area contributed by atoms with E-state index >= 15 is 0 Å². The molecule has 13 heteroatoms. The summed E-state index contributed by atoms with van der Waals surface area (Å²) in [5.74, 6) is -3.23. The molecule has 12 nitrogen and oxygen atoms in total. The van der Waals surface area contributed by atoms with Gasteiger partial charge in [0.15, 0.2) is 5.79 Å². The summed E-state index contributed by atoms with van der Waals surface area (Å²) in [5, 5.41) is 14.3. The number of ether oxygens (including phenoxy) is 3. The first-order chi connectivity index (χ1) is 16.2. The molecular weight excluding hydrogens is 466 g/mol. The van der Waals surface area contributed by atoms with E-state index in [9.17, 15) is 14.4 Å². The van der Waals surface area contributed by atoms with Gasteiger partial charge in [0.05, 0.1) is 6.61 Å². The Labute approximate surface area is 199 Å². The maximum atomic E-state index is 13.6. The quantitative estimate of drug-likeness (QED) is 0.327. The van der Waals surface area contributed by atoms with Crippen molar-refractivity contribution in [2.45, 2.75) is 62.0 Å². The summed E-state index contributed by atoms with van der Waals surface area (Å²) in [4.78, 5) is 41.5. The highest BCUT2D eigenvalue weighted by Gasteiger charge is 2.60. The molecule has 0 aromatic heterocycles. The summed E-state index contributed by atoms with van der Waals surface area (Å²) in [5.41, 5.74) is 10.1. The highest BCUT2D eigenvalue weighted by Crippen LogP contribution is 2.44. The van der Waals surface area contributed by atoms with E-state index < -0.39 is 65.9 Å². The molecule has 0 unspecified atom stereocenters. The van der Waals surface area contributed by atoms with Crippen LogP contribution in [0.3, 0.4) is 0 Å². The third kappa shape index (κ3) is 4.84. The predicted molar refractivity (Wildman–Crippen MR) is 119 cm³/mol. The van der Waals surface area contributed by atoms with E-state index in [4.69, 9.17) is 24.8 Å². The highest BCUT2D eigenvalue weighted by atomic mass is 32.2. The first kappa shape index (κ1) is 24.3. The topological polar surface area (TPSA) is 163 Å². The number of carboxylic acids is 1. The molecule has 3 aliphatic rings. The van der Waals surface area contributed by atoms with Crippen LogP contribution >= 0.6 is 11.8 Å². The van der Waals surface area contributed by atoms with Crippen molar-refractivity contribution in [1.29, 1.82) is 0 Å². The van der Waals surface area contributed by atoms with Gasteiger partial charge in [0, 0.05) is 10.7 Å². The first-order valence-corrected chi connectivity index (χ1v) is 11.8. The maximum Gasteiger partial charge on any atom is 0.322 e. The molecule has 0 aliphatic carbocycles. The van der Waals surface area contributed by atoms with Crippen LogP contribution in [0.2, 0.25) is 0 Å². The lowest BCUT2D eigenvalue weighted by Crippen LogP contribution is -2.55. The number of benzene rings is 1. The van der Waals surface area contributed by atoms with Gasteiger partial charge < -0.3 is 29.5 Å². The summed E-state index contributed by atoms with van der Waals surface area (Å²) >= 11 is 1.33. The summed E-state index contributed by atoms with van der Waals surface area (Å²) < 4.78 is 18.4. The number of thioether (sulfide) groups is 1. The van der Waals surface area contributed by atoms with Crippen LogP contribution in [0.15, 0.2) is 35.4 Å². The van der Waals surface area contributed by atoms with Crippen LogP contribution in [-0.2, 0) is 35.2 Å². The molecule has 1 aromatic rings. The number of hydrogen-bond donors (Lipinski definition) is 2. The van der Waals surface area contributed by atoms with E-state index in [2.05, 4.69) is 15.3 Å². The average Bonchev–Trinajstić information content (AvgIpc) is 3.35. The molecule has 0 radical (unpaired) electrons. The zero-order valence-corrected chi connectivity index (χ0v) is 19.4. The summed E-state index contributed by atoms with van der Waals surface area (Å²) in [7, 11) is 0. The van der Waals surface area contributed by atoms with Crippen LogP contribution in [0.5, 0.6) is 0 Å². The van der Waals surface area contributed by atoms with E-state index in [0.29, 0.717) is 0 Å². The summed E-state index contributed by atoms with van der Waals surface area (Å²) in [6.07, 6.45) is -2.38. The van der Waals surface area contributed by atoms with Gasteiger partial charge in [-0.05, 0) is 24.9 Å². The number of carbonyl (C=O) groups excluding carboxylic acids is 2. The van der Waals surface area contributed by atoms with Gasteiger partial charge in [-0.15, -0.1) is 11.8 Å². The minimum Gasteiger partial charge on any atom is -0.480 e. The number of aliphatic carboxylic acids is 1. The molecule has 4 rings (SSSR count). The second-order valence-electron chi connectivity index (χ2n) is 8.57. The predicted octanol–water partition coefficient (Wildman–Crippen LogP) is 1.26. The van der Waals surface area contributed by atoms with Crippen molar-refractivity contribution >= 4 is 29.5 Å². The molecule has 3 fully saturated rings. The monoisotopic (exact) mass is 491 g/mol. The second-order valence-corrected chi connectivity index (χ2v) is 9.72. The fourth-order valence-corrected chi connectivity index (χ4v) is 5.95. The highest BCUT2D eigenvalue weighted by molar-refractivity contribution is 8.00. The molecule has 2 N–H and O–H groups in total. The zero-order chi connectivity index (χ0) is 24.5. The Bertz CT molecular complexity index is 1000. The van der Waals surface area contributed by atoms with Gasteiger partial charge >= 0.3 is 5.97 Å². The molecule has 0 saturated carbocycles. The number of fused-ring (bicyclic) bond motifs is 2. The van der Waals surface area contributed by atoms with Crippen molar-refractivity contribution in [2.24, 2.45) is 5.11 Å². The van der Waals surface area contributed by atoms with Gasteiger partial charge in [0.2, 0.25) is 11.8 Å². The number of hydrogen-bond acceptors (Lipinski definition) is 8. The van der Waals surface area contributed by atoms with E-state index in [0.717, 1.165) is 5.56 Å². The van der Waals surface area contributed by atoms with Crippen LogP contribution in [0.1, 0.15) is 19.4 Å². The molecule has 1 aromatic carbocycles. The zero-order valence-electron chi connectivity index (χ0n) is 18.6. The molecule has 0 spiro atoms. The van der Waals surface area contributed by atoms with Gasteiger partial charge in [-0.2, -0.15) is 0 Å². The fraction of sp³-hybridized carbons (Fsp3) is 0.571. The number of carbonyl (C=O) groups is 3. The minimum absolute atomic E-state index is 0.220. The Balaban J connectivity index is 1.69. The standard InChI is InChI=1S/C21H25N5O7S/c1-21(2)32-15-14(24-25-22)19(30)26-12(18(29)23-8-13(27)28)10-34-20(26)17(16(15)33-21)31-9-11-6-4-3-5-7-11/h3-7,12,14-17,20H,8-10H2,1-2H3,(H,23,29)(H,27,28)/t12-,14+,15+,16-,17-,20-/m0/s1. The molecule has 34 heavy (non-hydrogen) atoms. The van der Waals surface area contributed by atoms with Gasteiger partial charge in [-0.3, -0.25) is 14.4 Å². The Morgan fingerprint density at radius 3 is 2.71 bits per heavy atom. The summed E-state index contributed by atoms with van der Waals surface area (Å²) in [6.45, 7) is 3.05. The van der Waals surface area contributed by atoms with E-state index in [-0.39, 0.29) is 12.4 Å². The fourth-order valence-electron chi connectivity index (χ4n) is 4.43. The SMILES string of the molecule is CC1(C)O[C@H]2[C@H](O1)[C@@H](N=[N+]=[N-])C(=O)N1[C@H](C(=O)NCC(=O)O)CS[C@H]1[C@H]2OCc1ccccc1. The Hall–Kier alpha value is -2.83. The lowest BCUT2D eigenvalue weighted by Gasteiger charge is -2.34. The summed E-state index contributed by atoms with van der Waals surface area (Å²) in [6, 6.07) is 7.21. The molecule has 0 bridgehead atoms. The molecule has 3 heterocycles. The smallest absolute Gasteiger partial charge is 0.322 e. The number of nitrogens with zero attached hydrogens (tertiary/aromatic N) is 4. The number of carboxylic acid groups (broad SMARTS) is 1. The van der Waals surface area contributed by atoms with Crippen molar-refractivity contribution in [3.8, 4) is 0 Å². The molecule has 182 valence electrons. The average molecular weight is 492 g/mol. The van der Waals surface area contributed by atoms with Crippen LogP contribution in [0.4, 0.5) is 0 Å². The minimum atomic E-state index is -1.28. The molecule has 3 aliphatic heterocycles. The normalized spacial score (nSPS) is 31.7. The van der Waals surface area contributed by atoms with Gasteiger partial charge in [0.25, 0.3) is 0 Å². The number of nitrogens with one attached hydrogen (secondary N) is 1. The van der Waals surface area contributed by atoms with Crippen molar-refractivity contribution < 1.29 is 33.7 Å². The van der Waals surface area contributed by atoms with E-state index in [1.54, 1.807) is 13.8 Å². The Morgan fingerprint density at radius 2 is 2.03 bits per heavy atom. The maximum absolute atomic E-state index is 13.6. The van der Waals surface area contributed by atoms with Crippen molar-refractivity contribution in [1.82, 2.24) is 10.2 Å². The number of amides is 2. The van der Waals surface area contributed by atoms with Crippen molar-refractivity contribution in [3.05, 3.63) is 46.3 Å². The lowest BCUT2D eigenvalue weighted by atomic mass is 10.0. The van der Waals surface area contributed by atoms with Crippen molar-refractivity contribution in [2.75, 3.05) is 12.3 Å². The van der Waals surface area contributed by atoms with Crippen LogP contribution < -0.4 is 5.32 Å².